The summed E-state index contributed by atoms with van der Waals surface area (Å²) >= 11 is 0. The lowest BCUT2D eigenvalue weighted by Crippen LogP contribution is -2.39. The zero-order chi connectivity index (χ0) is 7.40. The number of morpholine rings is 1. The summed E-state index contributed by atoms with van der Waals surface area (Å²) in [5.74, 6) is 0. The van der Waals surface area contributed by atoms with Crippen molar-refractivity contribution in [1.82, 2.24) is 4.90 Å². The normalized spacial score (nSPS) is 18.6. The fraction of sp³-hybridized carbons (Fsp3) is 0.667. The van der Waals surface area contributed by atoms with Crippen LogP contribution in [0.2, 0.25) is 0 Å². The Kier molecular flexibility index (Phi) is 2.39. The summed E-state index contributed by atoms with van der Waals surface area (Å²) in [6, 6.07) is -0.247. The van der Waals surface area contributed by atoms with Gasteiger partial charge in [0, 0.05) is 13.1 Å². The maximum absolute atomic E-state index is 10.8. The second-order valence-corrected chi connectivity index (χ2v) is 2.04. The van der Waals surface area contributed by atoms with Crippen LogP contribution < -0.4 is 0 Å². The molecule has 10 heavy (non-hydrogen) atoms. The fourth-order valence-electron chi connectivity index (χ4n) is 0.855. The number of carbonyl (C=O) groups is 1. The lowest BCUT2D eigenvalue weighted by Gasteiger charge is -2.24. The molecule has 1 saturated heterocycles. The Labute approximate surface area is 59.5 Å². The number of aliphatic imine (C=N–C) groups is 1. The van der Waals surface area contributed by atoms with Crippen molar-refractivity contribution < 1.29 is 9.53 Å². The van der Waals surface area contributed by atoms with Gasteiger partial charge in [-0.25, -0.2) is 9.79 Å². The smallest absolute Gasteiger partial charge is 0.343 e. The lowest BCUT2D eigenvalue weighted by atomic mass is 10.4. The van der Waals surface area contributed by atoms with Gasteiger partial charge in [-0.3, -0.25) is 0 Å². The quantitative estimate of drug-likeness (QED) is 0.451. The SMILES string of the molecule is C=NC(=O)N1CCOCC1. The number of rotatable bonds is 0. The zero-order valence-corrected chi connectivity index (χ0v) is 5.75. The van der Waals surface area contributed by atoms with Gasteiger partial charge < -0.3 is 9.64 Å². The first-order valence-corrected chi connectivity index (χ1v) is 3.18. The number of nitrogens with zero attached hydrogens (tertiary/aromatic N) is 2. The van der Waals surface area contributed by atoms with Crippen molar-refractivity contribution in [2.24, 2.45) is 4.99 Å². The van der Waals surface area contributed by atoms with E-state index in [2.05, 4.69) is 11.7 Å². The molecule has 0 saturated carbocycles. The first-order chi connectivity index (χ1) is 4.84. The average molecular weight is 142 g/mol. The van der Waals surface area contributed by atoms with Crippen LogP contribution in [0.1, 0.15) is 0 Å². The van der Waals surface area contributed by atoms with Gasteiger partial charge in [-0.1, -0.05) is 0 Å². The van der Waals surface area contributed by atoms with E-state index in [0.717, 1.165) is 0 Å². The second kappa shape index (κ2) is 3.31. The van der Waals surface area contributed by atoms with Crippen molar-refractivity contribution in [2.75, 3.05) is 26.3 Å². The van der Waals surface area contributed by atoms with Crippen molar-refractivity contribution in [3.8, 4) is 0 Å². The Morgan fingerprint density at radius 1 is 1.50 bits per heavy atom. The van der Waals surface area contributed by atoms with E-state index in [0.29, 0.717) is 26.3 Å². The summed E-state index contributed by atoms with van der Waals surface area (Å²) in [6.45, 7) is 5.65. The number of hydrogen-bond donors (Lipinski definition) is 0. The molecule has 1 aliphatic rings. The molecule has 4 nitrogen and oxygen atoms in total. The van der Waals surface area contributed by atoms with Crippen molar-refractivity contribution in [1.29, 1.82) is 0 Å². The van der Waals surface area contributed by atoms with Gasteiger partial charge in [0.2, 0.25) is 0 Å². The highest BCUT2D eigenvalue weighted by atomic mass is 16.5. The standard InChI is InChI=1S/C6H10N2O2/c1-7-6(9)8-2-4-10-5-3-8/h1-5H2. The molecule has 0 aliphatic carbocycles. The summed E-state index contributed by atoms with van der Waals surface area (Å²) in [7, 11) is 0. The Morgan fingerprint density at radius 2 is 2.10 bits per heavy atom. The monoisotopic (exact) mass is 142 g/mol. The molecular formula is C6H10N2O2. The largest absolute Gasteiger partial charge is 0.378 e. The van der Waals surface area contributed by atoms with Crippen molar-refractivity contribution in [3.05, 3.63) is 0 Å². The molecule has 1 aliphatic heterocycles. The fourth-order valence-corrected chi connectivity index (χ4v) is 0.855. The molecule has 0 aromatic rings. The molecule has 0 spiro atoms. The zero-order valence-electron chi connectivity index (χ0n) is 5.75. The van der Waals surface area contributed by atoms with Crippen LogP contribution >= 0.6 is 0 Å². The van der Waals surface area contributed by atoms with Gasteiger partial charge in [-0.15, -0.1) is 0 Å². The van der Waals surface area contributed by atoms with E-state index in [9.17, 15) is 4.79 Å². The van der Waals surface area contributed by atoms with Gasteiger partial charge in [-0.2, -0.15) is 0 Å². The van der Waals surface area contributed by atoms with E-state index in [4.69, 9.17) is 4.74 Å². The molecule has 1 fully saturated rings. The highest BCUT2D eigenvalue weighted by molar-refractivity contribution is 5.78. The summed E-state index contributed by atoms with van der Waals surface area (Å²) in [5.41, 5.74) is 0. The van der Waals surface area contributed by atoms with Gasteiger partial charge in [0.15, 0.2) is 0 Å². The first kappa shape index (κ1) is 7.21. The number of amides is 2. The number of hydrogen-bond acceptors (Lipinski definition) is 2. The number of urea groups is 1. The van der Waals surface area contributed by atoms with Gasteiger partial charge >= 0.3 is 6.03 Å². The predicted octanol–water partition coefficient (Wildman–Crippen LogP) is 0.139. The highest BCUT2D eigenvalue weighted by Gasteiger charge is 2.14. The predicted molar refractivity (Wildman–Crippen MR) is 37.3 cm³/mol. The Morgan fingerprint density at radius 3 is 2.60 bits per heavy atom. The maximum Gasteiger partial charge on any atom is 0.343 e. The second-order valence-electron chi connectivity index (χ2n) is 2.04. The van der Waals surface area contributed by atoms with Crippen LogP contribution in [0, 0.1) is 0 Å². The Hall–Kier alpha value is -0.900. The van der Waals surface area contributed by atoms with Crippen molar-refractivity contribution in [3.63, 3.8) is 0 Å². The maximum atomic E-state index is 10.8. The van der Waals surface area contributed by atoms with Crippen molar-refractivity contribution in [2.45, 2.75) is 0 Å². The molecule has 4 heteroatoms. The van der Waals surface area contributed by atoms with Gasteiger partial charge in [0.25, 0.3) is 0 Å². The molecule has 0 aromatic heterocycles. The van der Waals surface area contributed by atoms with E-state index in [1.54, 1.807) is 4.90 Å². The molecule has 0 N–H and O–H groups in total. The minimum absolute atomic E-state index is 0.247. The third kappa shape index (κ3) is 1.54. The van der Waals surface area contributed by atoms with Crippen LogP contribution in [-0.2, 0) is 4.74 Å². The molecule has 2 amide bonds. The molecule has 0 radical (unpaired) electrons. The van der Waals surface area contributed by atoms with Crippen LogP contribution in [0.5, 0.6) is 0 Å². The minimum atomic E-state index is -0.247. The van der Waals surface area contributed by atoms with E-state index < -0.39 is 0 Å². The molecule has 0 aromatic carbocycles. The topological polar surface area (TPSA) is 41.9 Å². The van der Waals surface area contributed by atoms with Crippen LogP contribution in [0.4, 0.5) is 4.79 Å². The molecule has 0 bridgehead atoms. The molecule has 56 valence electrons. The van der Waals surface area contributed by atoms with E-state index in [1.165, 1.54) is 0 Å². The number of carbonyl (C=O) groups excluding carboxylic acids is 1. The molecule has 0 unspecified atom stereocenters. The van der Waals surface area contributed by atoms with Gasteiger partial charge in [0.05, 0.1) is 13.2 Å². The average Bonchev–Trinajstić information content (AvgIpc) is 2.05. The lowest BCUT2D eigenvalue weighted by molar-refractivity contribution is 0.0556. The van der Waals surface area contributed by atoms with Crippen LogP contribution in [0.3, 0.4) is 0 Å². The molecule has 1 heterocycles. The Bertz CT molecular complexity index is 141. The molecular weight excluding hydrogens is 132 g/mol. The summed E-state index contributed by atoms with van der Waals surface area (Å²) in [4.78, 5) is 15.7. The summed E-state index contributed by atoms with van der Waals surface area (Å²) < 4.78 is 5.04. The summed E-state index contributed by atoms with van der Waals surface area (Å²) in [5, 5.41) is 0. The van der Waals surface area contributed by atoms with E-state index in [1.807, 2.05) is 0 Å². The third-order valence-electron chi connectivity index (χ3n) is 1.42. The molecule has 1 rings (SSSR count). The van der Waals surface area contributed by atoms with Gasteiger partial charge in [-0.05, 0) is 6.72 Å². The highest BCUT2D eigenvalue weighted by Crippen LogP contribution is 1.97. The minimum Gasteiger partial charge on any atom is -0.378 e. The van der Waals surface area contributed by atoms with Crippen LogP contribution in [0.25, 0.3) is 0 Å². The Balaban J connectivity index is 2.38. The van der Waals surface area contributed by atoms with E-state index >= 15 is 0 Å². The first-order valence-electron chi connectivity index (χ1n) is 3.18. The summed E-state index contributed by atoms with van der Waals surface area (Å²) in [6.07, 6.45) is 0. The molecule has 0 atom stereocenters. The van der Waals surface area contributed by atoms with Gasteiger partial charge in [0.1, 0.15) is 0 Å². The van der Waals surface area contributed by atoms with Crippen LogP contribution in [0.15, 0.2) is 4.99 Å². The van der Waals surface area contributed by atoms with E-state index in [-0.39, 0.29) is 6.03 Å². The van der Waals surface area contributed by atoms with Crippen LogP contribution in [-0.4, -0.2) is 44.0 Å². The van der Waals surface area contributed by atoms with Crippen molar-refractivity contribution >= 4 is 12.7 Å². The third-order valence-corrected chi connectivity index (χ3v) is 1.42. The number of ether oxygens (including phenoxy) is 1.